The second kappa shape index (κ2) is 3.19. The van der Waals surface area contributed by atoms with Crippen LogP contribution in [0.4, 0.5) is 0 Å². The van der Waals surface area contributed by atoms with Gasteiger partial charge in [0.2, 0.25) is 0 Å². The predicted octanol–water partition coefficient (Wildman–Crippen LogP) is 0.338. The minimum absolute atomic E-state index is 0.176. The molecule has 0 fully saturated rings. The molecule has 0 unspecified atom stereocenters. The zero-order valence-electron chi connectivity index (χ0n) is 7.69. The lowest BCUT2D eigenvalue weighted by atomic mass is 10.3. The van der Waals surface area contributed by atoms with Crippen LogP contribution in [0.2, 0.25) is 0 Å². The first kappa shape index (κ1) is 8.83. The number of rotatable bonds is 1. The highest BCUT2D eigenvalue weighted by atomic mass is 16.1. The Morgan fingerprint density at radius 1 is 1.57 bits per heavy atom. The molecule has 0 saturated carbocycles. The van der Waals surface area contributed by atoms with E-state index in [1.165, 1.54) is 0 Å². The molecule has 2 heterocycles. The summed E-state index contributed by atoms with van der Waals surface area (Å²) in [6.45, 7) is 1.76. The van der Waals surface area contributed by atoms with Crippen LogP contribution in [0.15, 0.2) is 23.3 Å². The normalized spacial score (nSPS) is 13.0. The Balaban J connectivity index is 2.79. The number of aromatic nitrogens is 3. The number of nitrogens with zero attached hydrogens (tertiary/aromatic N) is 2. The van der Waals surface area contributed by atoms with Crippen LogP contribution in [0, 0.1) is 0 Å². The van der Waals surface area contributed by atoms with Crippen molar-refractivity contribution in [2.75, 3.05) is 0 Å². The van der Waals surface area contributed by atoms with Gasteiger partial charge in [-0.25, -0.2) is 4.98 Å². The van der Waals surface area contributed by atoms with Crippen molar-refractivity contribution in [3.05, 3.63) is 34.6 Å². The minimum atomic E-state index is -0.285. The number of fused-ring (bicyclic) bond motifs is 1. The van der Waals surface area contributed by atoms with E-state index in [2.05, 4.69) is 15.0 Å². The molecular weight excluding hydrogens is 180 g/mol. The Labute approximate surface area is 80.0 Å². The van der Waals surface area contributed by atoms with Crippen LogP contribution in [0.25, 0.3) is 10.9 Å². The molecule has 2 rings (SSSR count). The van der Waals surface area contributed by atoms with E-state index in [9.17, 15) is 4.79 Å². The highest BCUT2D eigenvalue weighted by molar-refractivity contribution is 5.75. The number of hydrogen-bond acceptors (Lipinski definition) is 4. The Hall–Kier alpha value is -1.75. The topological polar surface area (TPSA) is 84.7 Å². The van der Waals surface area contributed by atoms with Gasteiger partial charge in [0.15, 0.2) is 0 Å². The summed E-state index contributed by atoms with van der Waals surface area (Å²) in [7, 11) is 0. The van der Waals surface area contributed by atoms with E-state index in [1.807, 2.05) is 0 Å². The average Bonchev–Trinajstić information content (AvgIpc) is 2.17. The van der Waals surface area contributed by atoms with Gasteiger partial charge in [0.05, 0.1) is 23.1 Å². The zero-order valence-corrected chi connectivity index (χ0v) is 7.69. The molecule has 5 heteroatoms. The van der Waals surface area contributed by atoms with E-state index in [-0.39, 0.29) is 11.6 Å². The van der Waals surface area contributed by atoms with Gasteiger partial charge in [-0.15, -0.1) is 0 Å². The van der Waals surface area contributed by atoms with Crippen LogP contribution in [0.1, 0.15) is 18.8 Å². The number of pyridine rings is 1. The third-order valence-corrected chi connectivity index (χ3v) is 1.96. The summed E-state index contributed by atoms with van der Waals surface area (Å²) in [6.07, 6.45) is 3.11. The van der Waals surface area contributed by atoms with Crippen LogP contribution >= 0.6 is 0 Å². The lowest BCUT2D eigenvalue weighted by molar-refractivity contribution is 0.741. The first-order chi connectivity index (χ1) is 6.68. The molecule has 5 nitrogen and oxygen atoms in total. The maximum Gasteiger partial charge on any atom is 0.258 e. The molecule has 0 aromatic carbocycles. The number of nitrogens with one attached hydrogen (secondary N) is 1. The van der Waals surface area contributed by atoms with E-state index in [1.54, 1.807) is 25.4 Å². The lowest BCUT2D eigenvalue weighted by Gasteiger charge is -2.04. The maximum absolute atomic E-state index is 11.5. The third kappa shape index (κ3) is 1.38. The van der Waals surface area contributed by atoms with Crippen LogP contribution < -0.4 is 11.3 Å². The fraction of sp³-hybridized carbons (Fsp3) is 0.222. The van der Waals surface area contributed by atoms with Gasteiger partial charge in [0.25, 0.3) is 5.56 Å². The molecule has 0 bridgehead atoms. The molecule has 0 aliphatic carbocycles. The smallest absolute Gasteiger partial charge is 0.258 e. The second-order valence-corrected chi connectivity index (χ2v) is 3.13. The molecule has 2 aromatic heterocycles. The van der Waals surface area contributed by atoms with Crippen molar-refractivity contribution in [1.82, 2.24) is 15.0 Å². The van der Waals surface area contributed by atoms with Crippen LogP contribution in [-0.4, -0.2) is 15.0 Å². The molecule has 0 aliphatic rings. The molecule has 0 spiro atoms. The SMILES string of the molecule is C[C@@H](N)c1nc2cnccc2c(=O)[nH]1. The Morgan fingerprint density at radius 3 is 3.07 bits per heavy atom. The van der Waals surface area contributed by atoms with E-state index in [0.29, 0.717) is 16.7 Å². The van der Waals surface area contributed by atoms with Crippen molar-refractivity contribution >= 4 is 10.9 Å². The number of hydrogen-bond donors (Lipinski definition) is 2. The van der Waals surface area contributed by atoms with Crippen LogP contribution in [-0.2, 0) is 0 Å². The van der Waals surface area contributed by atoms with E-state index in [4.69, 9.17) is 5.73 Å². The molecule has 0 aliphatic heterocycles. The minimum Gasteiger partial charge on any atom is -0.322 e. The van der Waals surface area contributed by atoms with Gasteiger partial charge >= 0.3 is 0 Å². The summed E-state index contributed by atoms with van der Waals surface area (Å²) in [5.74, 6) is 0.482. The molecular formula is C9H10N4O. The van der Waals surface area contributed by atoms with Crippen LogP contribution in [0.3, 0.4) is 0 Å². The maximum atomic E-state index is 11.5. The van der Waals surface area contributed by atoms with Crippen molar-refractivity contribution in [2.24, 2.45) is 5.73 Å². The summed E-state index contributed by atoms with van der Waals surface area (Å²) in [5.41, 5.74) is 6.02. The zero-order chi connectivity index (χ0) is 10.1. The van der Waals surface area contributed by atoms with E-state index < -0.39 is 0 Å². The summed E-state index contributed by atoms with van der Waals surface area (Å²) in [5, 5.41) is 0.532. The van der Waals surface area contributed by atoms with Gasteiger partial charge < -0.3 is 10.7 Å². The van der Waals surface area contributed by atoms with Crippen molar-refractivity contribution in [2.45, 2.75) is 13.0 Å². The predicted molar refractivity (Wildman–Crippen MR) is 52.8 cm³/mol. The average molecular weight is 190 g/mol. The van der Waals surface area contributed by atoms with Gasteiger partial charge in [-0.3, -0.25) is 9.78 Å². The number of aromatic amines is 1. The summed E-state index contributed by atoms with van der Waals surface area (Å²) in [4.78, 5) is 22.2. The van der Waals surface area contributed by atoms with Gasteiger partial charge in [-0.1, -0.05) is 0 Å². The van der Waals surface area contributed by atoms with Crippen molar-refractivity contribution in [3.8, 4) is 0 Å². The molecule has 0 saturated heterocycles. The Kier molecular flexibility index (Phi) is 2.01. The molecule has 3 N–H and O–H groups in total. The quantitative estimate of drug-likeness (QED) is 0.679. The van der Waals surface area contributed by atoms with Gasteiger partial charge in [0, 0.05) is 6.20 Å². The van der Waals surface area contributed by atoms with Gasteiger partial charge in [0.1, 0.15) is 5.82 Å². The monoisotopic (exact) mass is 190 g/mol. The third-order valence-electron chi connectivity index (χ3n) is 1.96. The highest BCUT2D eigenvalue weighted by Gasteiger charge is 2.05. The highest BCUT2D eigenvalue weighted by Crippen LogP contribution is 2.06. The van der Waals surface area contributed by atoms with Crippen molar-refractivity contribution < 1.29 is 0 Å². The summed E-state index contributed by atoms with van der Waals surface area (Å²) in [6, 6.07) is 1.35. The fourth-order valence-corrected chi connectivity index (χ4v) is 1.22. The molecule has 0 amide bonds. The Bertz CT molecular complexity index is 517. The Morgan fingerprint density at radius 2 is 2.36 bits per heavy atom. The lowest BCUT2D eigenvalue weighted by Crippen LogP contribution is -2.17. The number of nitrogens with two attached hydrogens (primary N) is 1. The van der Waals surface area contributed by atoms with E-state index in [0.717, 1.165) is 0 Å². The molecule has 1 atom stereocenters. The van der Waals surface area contributed by atoms with E-state index >= 15 is 0 Å². The molecule has 0 radical (unpaired) electrons. The standard InChI is InChI=1S/C9H10N4O/c1-5(10)8-12-7-4-11-3-2-6(7)9(14)13-8/h2-5H,10H2,1H3,(H,12,13,14)/t5-/m1/s1. The largest absolute Gasteiger partial charge is 0.322 e. The molecule has 2 aromatic rings. The fourth-order valence-electron chi connectivity index (χ4n) is 1.22. The summed E-state index contributed by atoms with van der Waals surface area (Å²) >= 11 is 0. The first-order valence-corrected chi connectivity index (χ1v) is 4.28. The molecule has 14 heavy (non-hydrogen) atoms. The molecule has 72 valence electrons. The van der Waals surface area contributed by atoms with Gasteiger partial charge in [-0.2, -0.15) is 0 Å². The van der Waals surface area contributed by atoms with Crippen LogP contribution in [0.5, 0.6) is 0 Å². The van der Waals surface area contributed by atoms with Gasteiger partial charge in [-0.05, 0) is 13.0 Å². The van der Waals surface area contributed by atoms with Crippen molar-refractivity contribution in [3.63, 3.8) is 0 Å². The first-order valence-electron chi connectivity index (χ1n) is 4.28. The summed E-state index contributed by atoms with van der Waals surface area (Å²) < 4.78 is 0. The van der Waals surface area contributed by atoms with Crippen molar-refractivity contribution in [1.29, 1.82) is 0 Å². The number of H-pyrrole nitrogens is 1. The second-order valence-electron chi connectivity index (χ2n) is 3.13.